The third kappa shape index (κ3) is 8.01. The predicted octanol–water partition coefficient (Wildman–Crippen LogP) is 16.0. The second-order valence-corrected chi connectivity index (χ2v) is 15.1. The largest absolute Gasteiger partial charge is 0.309 e. The summed E-state index contributed by atoms with van der Waals surface area (Å²) >= 11 is 0. The van der Waals surface area contributed by atoms with Gasteiger partial charge in [0.05, 0.1) is 22.1 Å². The van der Waals surface area contributed by atoms with Crippen molar-refractivity contribution in [2.24, 2.45) is 0 Å². The molecule has 0 radical (unpaired) electrons. The number of fused-ring (bicyclic) bond motifs is 7. The van der Waals surface area contributed by atoms with Crippen LogP contribution in [0, 0.1) is 20.8 Å². The fraction of sp³-hybridized carbons (Fsp3) is 0.0690. The molecule has 0 aliphatic rings. The van der Waals surface area contributed by atoms with E-state index in [1.807, 2.05) is 31.2 Å². The standard InChI is InChI=1S/C31H22N2.C14H16.C13H12/c1-21-15-17-23(18-16-21)33-27-13-7-5-11-24(27)25-19-20-29-30(31(25)33)26-12-6-8-14-28(26)32(29)22-9-3-2-4-10-22;1-4-8-13(9-5-2)14-11-7-6-10-12(14)3;1-11-7-9-13(10-8-11)12-5-3-2-4-6-12/h2-20H,1H3;4-11H,1H2,2-3H3;2-10H,1H3/b;9-5-,13-8+;. The van der Waals surface area contributed by atoms with Gasteiger partial charge in [0.25, 0.3) is 0 Å². The Kier molecular flexibility index (Phi) is 11.8. The average Bonchev–Trinajstić information content (AvgIpc) is 3.81. The SMILES string of the molecule is C=C/C=C(\C=C/C)c1ccccc1C.Cc1ccc(-c2ccccc2)cc1.Cc1ccc(-n2c3ccccc3c3ccc4c(c5ccccc5n4-c4ccccc4)c32)cc1. The Bertz CT molecular complexity index is 3100. The molecule has 292 valence electrons. The Morgan fingerprint density at radius 1 is 0.450 bits per heavy atom. The molecule has 0 N–H and O–H groups in total. The molecule has 2 aromatic heterocycles. The van der Waals surface area contributed by atoms with Crippen LogP contribution in [0.15, 0.2) is 225 Å². The zero-order chi connectivity index (χ0) is 41.4. The maximum absolute atomic E-state index is 3.73. The van der Waals surface area contributed by atoms with E-state index in [-0.39, 0.29) is 0 Å². The van der Waals surface area contributed by atoms with Crippen LogP contribution in [-0.2, 0) is 0 Å². The minimum absolute atomic E-state index is 1.18. The van der Waals surface area contributed by atoms with Crippen LogP contribution in [0.2, 0.25) is 0 Å². The number of aryl methyl sites for hydroxylation is 3. The highest BCUT2D eigenvalue weighted by Crippen LogP contribution is 2.41. The number of allylic oxidation sites excluding steroid dienone is 5. The molecule has 0 atom stereocenters. The van der Waals surface area contributed by atoms with Gasteiger partial charge in [0.1, 0.15) is 0 Å². The third-order valence-corrected chi connectivity index (χ3v) is 11.0. The Balaban J connectivity index is 0.000000152. The minimum Gasteiger partial charge on any atom is -0.309 e. The first-order valence-electron chi connectivity index (χ1n) is 20.7. The molecule has 0 fully saturated rings. The molecular formula is C58H50N2. The first-order valence-corrected chi connectivity index (χ1v) is 20.7. The second kappa shape index (κ2) is 18.0. The molecule has 60 heavy (non-hydrogen) atoms. The maximum atomic E-state index is 3.73. The van der Waals surface area contributed by atoms with E-state index in [1.54, 1.807) is 0 Å². The molecule has 0 saturated heterocycles. The van der Waals surface area contributed by atoms with Crippen LogP contribution in [-0.4, -0.2) is 9.13 Å². The van der Waals surface area contributed by atoms with Crippen molar-refractivity contribution in [2.75, 3.05) is 0 Å². The van der Waals surface area contributed by atoms with Crippen LogP contribution < -0.4 is 0 Å². The van der Waals surface area contributed by atoms with Gasteiger partial charge in [-0.15, -0.1) is 0 Å². The molecule has 0 amide bonds. The van der Waals surface area contributed by atoms with Crippen molar-refractivity contribution >= 4 is 49.2 Å². The topological polar surface area (TPSA) is 9.86 Å². The van der Waals surface area contributed by atoms with Crippen LogP contribution in [0.1, 0.15) is 29.2 Å². The molecule has 0 saturated carbocycles. The van der Waals surface area contributed by atoms with Crippen molar-refractivity contribution in [3.8, 4) is 22.5 Å². The summed E-state index contributed by atoms with van der Waals surface area (Å²) in [7, 11) is 0. The highest BCUT2D eigenvalue weighted by Gasteiger charge is 2.20. The number of aromatic nitrogens is 2. The Morgan fingerprint density at radius 3 is 1.63 bits per heavy atom. The lowest BCUT2D eigenvalue weighted by atomic mass is 10.00. The molecule has 0 bridgehead atoms. The van der Waals surface area contributed by atoms with Gasteiger partial charge in [0, 0.05) is 32.9 Å². The van der Waals surface area contributed by atoms with Crippen molar-refractivity contribution in [3.05, 3.63) is 247 Å². The monoisotopic (exact) mass is 774 g/mol. The summed E-state index contributed by atoms with van der Waals surface area (Å²) in [5, 5.41) is 5.14. The number of hydrogen-bond acceptors (Lipinski definition) is 0. The van der Waals surface area contributed by atoms with Crippen LogP contribution >= 0.6 is 0 Å². The van der Waals surface area contributed by atoms with Crippen molar-refractivity contribution in [2.45, 2.75) is 27.7 Å². The zero-order valence-corrected chi connectivity index (χ0v) is 34.9. The molecular weight excluding hydrogens is 725 g/mol. The van der Waals surface area contributed by atoms with Crippen molar-refractivity contribution < 1.29 is 0 Å². The van der Waals surface area contributed by atoms with Gasteiger partial charge in [-0.3, -0.25) is 0 Å². The predicted molar refractivity (Wildman–Crippen MR) is 261 cm³/mol. The highest BCUT2D eigenvalue weighted by molar-refractivity contribution is 6.26. The first-order chi connectivity index (χ1) is 29.5. The van der Waals surface area contributed by atoms with E-state index < -0.39 is 0 Å². The molecule has 2 heteroatoms. The van der Waals surface area contributed by atoms with Crippen molar-refractivity contribution in [3.63, 3.8) is 0 Å². The quantitative estimate of drug-likeness (QED) is 0.149. The molecule has 0 aliphatic heterocycles. The summed E-state index contributed by atoms with van der Waals surface area (Å²) in [6.45, 7) is 12.1. The van der Waals surface area contributed by atoms with Gasteiger partial charge in [-0.25, -0.2) is 0 Å². The maximum Gasteiger partial charge on any atom is 0.0641 e. The second-order valence-electron chi connectivity index (χ2n) is 15.1. The minimum atomic E-state index is 1.18. The van der Waals surface area contributed by atoms with E-state index in [1.165, 1.54) is 93.9 Å². The number of benzene rings is 8. The molecule has 2 nitrogen and oxygen atoms in total. The Hall–Kier alpha value is -7.42. The van der Waals surface area contributed by atoms with Crippen LogP contribution in [0.25, 0.3) is 71.7 Å². The lowest BCUT2D eigenvalue weighted by molar-refractivity contribution is 1.17. The summed E-state index contributed by atoms with van der Waals surface area (Å²) in [5.74, 6) is 0. The van der Waals surface area contributed by atoms with E-state index in [2.05, 4.69) is 231 Å². The van der Waals surface area contributed by atoms with Gasteiger partial charge in [-0.1, -0.05) is 194 Å². The van der Waals surface area contributed by atoms with Crippen molar-refractivity contribution in [1.29, 1.82) is 0 Å². The lowest BCUT2D eigenvalue weighted by Crippen LogP contribution is -1.95. The van der Waals surface area contributed by atoms with E-state index in [0.717, 1.165) is 0 Å². The molecule has 10 rings (SSSR count). The summed E-state index contributed by atoms with van der Waals surface area (Å²) in [5.41, 5.74) is 16.2. The number of nitrogens with zero attached hydrogens (tertiary/aromatic N) is 2. The molecule has 2 heterocycles. The first kappa shape index (κ1) is 39.4. The van der Waals surface area contributed by atoms with Gasteiger partial charge in [0.15, 0.2) is 0 Å². The number of hydrogen-bond donors (Lipinski definition) is 0. The molecule has 8 aromatic carbocycles. The third-order valence-electron chi connectivity index (χ3n) is 11.0. The molecule has 0 spiro atoms. The number of rotatable bonds is 6. The molecule has 10 aromatic rings. The van der Waals surface area contributed by atoms with Gasteiger partial charge in [0.2, 0.25) is 0 Å². The van der Waals surface area contributed by atoms with Crippen molar-refractivity contribution in [1.82, 2.24) is 9.13 Å². The molecule has 0 aliphatic carbocycles. The van der Waals surface area contributed by atoms with Gasteiger partial charge < -0.3 is 9.13 Å². The summed E-state index contributed by atoms with van der Waals surface area (Å²) in [4.78, 5) is 0. The van der Waals surface area contributed by atoms with E-state index in [0.29, 0.717) is 0 Å². The fourth-order valence-electron chi connectivity index (χ4n) is 8.14. The Labute approximate surface area is 354 Å². The van der Waals surface area contributed by atoms with Gasteiger partial charge in [-0.2, -0.15) is 0 Å². The van der Waals surface area contributed by atoms with E-state index in [9.17, 15) is 0 Å². The van der Waals surface area contributed by atoms with Crippen LogP contribution in [0.4, 0.5) is 0 Å². The highest BCUT2D eigenvalue weighted by atomic mass is 15.0. The van der Waals surface area contributed by atoms with E-state index in [4.69, 9.17) is 0 Å². The van der Waals surface area contributed by atoms with Crippen LogP contribution in [0.5, 0.6) is 0 Å². The summed E-state index contributed by atoms with van der Waals surface area (Å²) in [6, 6.07) is 69.0. The lowest BCUT2D eigenvalue weighted by Gasteiger charge is -2.10. The normalized spacial score (nSPS) is 11.4. The van der Waals surface area contributed by atoms with Gasteiger partial charge in [-0.05, 0) is 98.0 Å². The van der Waals surface area contributed by atoms with E-state index >= 15 is 0 Å². The molecule has 0 unspecified atom stereocenters. The van der Waals surface area contributed by atoms with Crippen LogP contribution in [0.3, 0.4) is 0 Å². The summed E-state index contributed by atoms with van der Waals surface area (Å²) in [6.07, 6.45) is 8.00. The Morgan fingerprint density at radius 2 is 0.983 bits per heavy atom. The smallest absolute Gasteiger partial charge is 0.0641 e. The fourth-order valence-corrected chi connectivity index (χ4v) is 8.14. The zero-order valence-electron chi connectivity index (χ0n) is 34.9. The average molecular weight is 775 g/mol. The number of para-hydroxylation sites is 3. The van der Waals surface area contributed by atoms with Gasteiger partial charge >= 0.3 is 0 Å². The summed E-state index contributed by atoms with van der Waals surface area (Å²) < 4.78 is 4.83.